The molecular formula is C20H16O7. The number of phenolic OH excluding ortho intramolecular Hbond substituents is 1. The van der Waals surface area contributed by atoms with E-state index in [9.17, 15) is 9.90 Å². The molecule has 0 fully saturated rings. The van der Waals surface area contributed by atoms with E-state index in [1.165, 1.54) is 26.5 Å². The van der Waals surface area contributed by atoms with Crippen molar-refractivity contribution < 1.29 is 33.3 Å². The molecule has 2 aliphatic rings. The SMILES string of the molecule is COc1cc2c(cc1OC)C1C(=O)c3c(O)cc4occc4c3OC1CO2. The van der Waals surface area contributed by atoms with Gasteiger partial charge in [-0.1, -0.05) is 0 Å². The number of benzene rings is 2. The topological polar surface area (TPSA) is 87.4 Å². The number of hydrogen-bond acceptors (Lipinski definition) is 7. The molecule has 5 rings (SSSR count). The molecule has 2 aromatic carbocycles. The number of furan rings is 1. The maximum absolute atomic E-state index is 13.4. The molecule has 1 N–H and O–H groups in total. The largest absolute Gasteiger partial charge is 0.507 e. The van der Waals surface area contributed by atoms with E-state index < -0.39 is 12.0 Å². The molecule has 2 aliphatic heterocycles. The van der Waals surface area contributed by atoms with Crippen molar-refractivity contribution in [3.63, 3.8) is 0 Å². The predicted molar refractivity (Wildman–Crippen MR) is 94.4 cm³/mol. The van der Waals surface area contributed by atoms with Crippen LogP contribution in [0.3, 0.4) is 0 Å². The number of carbonyl (C=O) groups excluding carboxylic acids is 1. The van der Waals surface area contributed by atoms with E-state index in [4.69, 9.17) is 23.4 Å². The van der Waals surface area contributed by atoms with Gasteiger partial charge in [-0.2, -0.15) is 0 Å². The first-order valence-electron chi connectivity index (χ1n) is 8.45. The summed E-state index contributed by atoms with van der Waals surface area (Å²) in [5.74, 6) is 0.880. The van der Waals surface area contributed by atoms with Gasteiger partial charge in [0.1, 0.15) is 41.1 Å². The Morgan fingerprint density at radius 3 is 2.70 bits per heavy atom. The number of fused-ring (bicyclic) bond motifs is 6. The fraction of sp³-hybridized carbons (Fsp3) is 0.250. The summed E-state index contributed by atoms with van der Waals surface area (Å²) in [4.78, 5) is 13.4. The Kier molecular flexibility index (Phi) is 3.28. The number of aromatic hydroxyl groups is 1. The van der Waals surface area contributed by atoms with E-state index in [0.29, 0.717) is 39.5 Å². The number of ether oxygens (including phenoxy) is 4. The minimum atomic E-state index is -0.615. The molecule has 0 bridgehead atoms. The molecule has 0 aliphatic carbocycles. The van der Waals surface area contributed by atoms with Crippen molar-refractivity contribution in [2.75, 3.05) is 20.8 Å². The van der Waals surface area contributed by atoms with Gasteiger partial charge in [0.15, 0.2) is 17.3 Å². The number of carbonyl (C=O) groups is 1. The molecule has 3 heterocycles. The summed E-state index contributed by atoms with van der Waals surface area (Å²) < 4.78 is 27.9. The van der Waals surface area contributed by atoms with Crippen LogP contribution in [-0.2, 0) is 0 Å². The summed E-state index contributed by atoms with van der Waals surface area (Å²) in [7, 11) is 3.07. The minimum Gasteiger partial charge on any atom is -0.507 e. The van der Waals surface area contributed by atoms with E-state index in [1.807, 2.05) is 0 Å². The normalized spacial score (nSPS) is 20.1. The summed E-state index contributed by atoms with van der Waals surface area (Å²) in [6, 6.07) is 6.58. The lowest BCUT2D eigenvalue weighted by molar-refractivity contribution is 0.0561. The van der Waals surface area contributed by atoms with Crippen LogP contribution in [0, 0.1) is 0 Å². The number of ketones is 1. The van der Waals surface area contributed by atoms with Crippen LogP contribution < -0.4 is 18.9 Å². The van der Waals surface area contributed by atoms with Gasteiger partial charge in [0, 0.05) is 17.7 Å². The van der Waals surface area contributed by atoms with Gasteiger partial charge < -0.3 is 28.5 Å². The van der Waals surface area contributed by atoms with Crippen molar-refractivity contribution in [3.05, 3.63) is 41.7 Å². The zero-order valence-corrected chi connectivity index (χ0v) is 14.6. The van der Waals surface area contributed by atoms with Crippen molar-refractivity contribution in [2.45, 2.75) is 12.0 Å². The molecule has 3 aromatic rings. The number of methoxy groups -OCH3 is 2. The molecule has 0 spiro atoms. The Labute approximate surface area is 154 Å². The number of hydrogen-bond donors (Lipinski definition) is 1. The van der Waals surface area contributed by atoms with Gasteiger partial charge in [-0.05, 0) is 12.1 Å². The highest BCUT2D eigenvalue weighted by molar-refractivity contribution is 6.11. The molecule has 138 valence electrons. The number of Topliss-reactive ketones (excluding diaryl/α,β-unsaturated/α-hetero) is 1. The average Bonchev–Trinajstić information content (AvgIpc) is 3.14. The Morgan fingerprint density at radius 2 is 1.93 bits per heavy atom. The monoisotopic (exact) mass is 368 g/mol. The predicted octanol–water partition coefficient (Wildman–Crippen LogP) is 3.28. The highest BCUT2D eigenvalue weighted by Crippen LogP contribution is 2.50. The molecule has 7 nitrogen and oxygen atoms in total. The van der Waals surface area contributed by atoms with Gasteiger partial charge in [0.2, 0.25) is 0 Å². The third-order valence-electron chi connectivity index (χ3n) is 5.11. The van der Waals surface area contributed by atoms with Crippen LogP contribution in [0.4, 0.5) is 0 Å². The van der Waals surface area contributed by atoms with Crippen LogP contribution in [0.2, 0.25) is 0 Å². The second kappa shape index (κ2) is 5.57. The van der Waals surface area contributed by atoms with Crippen molar-refractivity contribution in [2.24, 2.45) is 0 Å². The third-order valence-corrected chi connectivity index (χ3v) is 5.11. The fourth-order valence-corrected chi connectivity index (χ4v) is 3.86. The first kappa shape index (κ1) is 15.9. The van der Waals surface area contributed by atoms with E-state index in [1.54, 1.807) is 18.2 Å². The van der Waals surface area contributed by atoms with Crippen molar-refractivity contribution in [1.82, 2.24) is 0 Å². The van der Waals surface area contributed by atoms with E-state index >= 15 is 0 Å². The van der Waals surface area contributed by atoms with Crippen molar-refractivity contribution >= 4 is 16.8 Å². The smallest absolute Gasteiger partial charge is 0.181 e. The first-order chi connectivity index (χ1) is 13.1. The van der Waals surface area contributed by atoms with Crippen LogP contribution >= 0.6 is 0 Å². The second-order valence-electron chi connectivity index (χ2n) is 6.49. The van der Waals surface area contributed by atoms with Crippen molar-refractivity contribution in [1.29, 1.82) is 0 Å². The van der Waals surface area contributed by atoms with Crippen LogP contribution in [0.5, 0.6) is 28.7 Å². The van der Waals surface area contributed by atoms with Gasteiger partial charge in [-0.25, -0.2) is 0 Å². The molecule has 27 heavy (non-hydrogen) atoms. The van der Waals surface area contributed by atoms with Crippen LogP contribution in [0.1, 0.15) is 21.8 Å². The Bertz CT molecular complexity index is 1080. The zero-order chi connectivity index (χ0) is 18.7. The molecule has 0 saturated carbocycles. The zero-order valence-electron chi connectivity index (χ0n) is 14.6. The fourth-order valence-electron chi connectivity index (χ4n) is 3.86. The lowest BCUT2D eigenvalue weighted by Gasteiger charge is -2.37. The summed E-state index contributed by atoms with van der Waals surface area (Å²) >= 11 is 0. The molecule has 2 atom stereocenters. The highest BCUT2D eigenvalue weighted by Gasteiger charge is 2.45. The molecular weight excluding hydrogens is 352 g/mol. The number of phenols is 1. The lowest BCUT2D eigenvalue weighted by Crippen LogP contribution is -2.43. The Balaban J connectivity index is 1.70. The average molecular weight is 368 g/mol. The Morgan fingerprint density at radius 1 is 1.15 bits per heavy atom. The van der Waals surface area contributed by atoms with E-state index in [2.05, 4.69) is 0 Å². The maximum Gasteiger partial charge on any atom is 0.181 e. The van der Waals surface area contributed by atoms with Crippen molar-refractivity contribution in [3.8, 4) is 28.7 Å². The molecule has 1 aromatic heterocycles. The van der Waals surface area contributed by atoms with Crippen LogP contribution in [0.25, 0.3) is 11.0 Å². The summed E-state index contributed by atoms with van der Waals surface area (Å²) in [6.07, 6.45) is 0.976. The van der Waals surface area contributed by atoms with Gasteiger partial charge in [0.05, 0.1) is 31.8 Å². The number of rotatable bonds is 2. The van der Waals surface area contributed by atoms with Gasteiger partial charge in [0.25, 0.3) is 0 Å². The maximum atomic E-state index is 13.4. The standard InChI is InChI=1S/C20H16O7/c1-23-14-5-10-13(7-15(14)24-2)26-8-16-17(10)19(22)18-11(21)6-12-9(3-4-25-12)20(18)27-16/h3-7,16-17,21H,8H2,1-2H3. The first-order valence-corrected chi connectivity index (χ1v) is 8.45. The summed E-state index contributed by atoms with van der Waals surface area (Å²) in [6.45, 7) is 0.202. The van der Waals surface area contributed by atoms with Gasteiger partial charge >= 0.3 is 0 Å². The van der Waals surface area contributed by atoms with E-state index in [-0.39, 0.29) is 23.7 Å². The van der Waals surface area contributed by atoms with Gasteiger partial charge in [-0.15, -0.1) is 0 Å². The van der Waals surface area contributed by atoms with Crippen LogP contribution in [-0.4, -0.2) is 37.8 Å². The molecule has 0 amide bonds. The quantitative estimate of drug-likeness (QED) is 0.743. The molecule has 7 heteroatoms. The summed E-state index contributed by atoms with van der Waals surface area (Å²) in [5, 5.41) is 11.1. The third kappa shape index (κ3) is 2.11. The summed E-state index contributed by atoms with van der Waals surface area (Å²) in [5.41, 5.74) is 1.26. The van der Waals surface area contributed by atoms with Gasteiger partial charge in [-0.3, -0.25) is 4.79 Å². The molecule has 0 saturated heterocycles. The molecule has 2 unspecified atom stereocenters. The Hall–Kier alpha value is -3.35. The van der Waals surface area contributed by atoms with Crippen LogP contribution in [0.15, 0.2) is 34.9 Å². The minimum absolute atomic E-state index is 0.160. The van der Waals surface area contributed by atoms with E-state index in [0.717, 1.165) is 0 Å². The second-order valence-corrected chi connectivity index (χ2v) is 6.49. The highest BCUT2D eigenvalue weighted by atomic mass is 16.5. The molecule has 0 radical (unpaired) electrons. The lowest BCUT2D eigenvalue weighted by atomic mass is 9.81.